The largest absolute Gasteiger partial charge is 0.373 e. The summed E-state index contributed by atoms with van der Waals surface area (Å²) in [5.41, 5.74) is 0.643. The third kappa shape index (κ3) is 4.39. The van der Waals surface area contributed by atoms with Gasteiger partial charge in [-0.1, -0.05) is 0 Å². The highest BCUT2D eigenvalue weighted by atomic mass is 16.2. The number of rotatable bonds is 4. The predicted octanol–water partition coefficient (Wildman–Crippen LogP) is 1.54. The van der Waals surface area contributed by atoms with E-state index in [1.54, 1.807) is 7.05 Å². The maximum absolute atomic E-state index is 12.0. The van der Waals surface area contributed by atoms with Crippen LogP contribution < -0.4 is 16.0 Å². The number of hydrogen-bond acceptors (Lipinski definition) is 5. The number of aromatic nitrogens is 2. The third-order valence-corrected chi connectivity index (χ3v) is 2.57. The van der Waals surface area contributed by atoms with Crippen LogP contribution in [-0.4, -0.2) is 34.5 Å². The number of hydrogen-bond donors (Lipinski definition) is 3. The van der Waals surface area contributed by atoms with E-state index in [1.807, 2.05) is 34.6 Å². The molecule has 0 bridgehead atoms. The lowest BCUT2D eigenvalue weighted by Gasteiger charge is -2.24. The molecule has 1 atom stereocenters. The second-order valence-electron chi connectivity index (χ2n) is 5.55. The zero-order valence-electron chi connectivity index (χ0n) is 12.5. The molecule has 19 heavy (non-hydrogen) atoms. The van der Waals surface area contributed by atoms with Crippen molar-refractivity contribution in [2.24, 2.45) is 0 Å². The van der Waals surface area contributed by atoms with Crippen LogP contribution in [-0.2, 0) is 4.79 Å². The van der Waals surface area contributed by atoms with Crippen molar-refractivity contribution in [2.45, 2.75) is 46.2 Å². The Kier molecular flexibility index (Phi) is 4.69. The van der Waals surface area contributed by atoms with Crippen LogP contribution in [0, 0.1) is 6.92 Å². The molecule has 0 spiro atoms. The number of anilines is 2. The first kappa shape index (κ1) is 15.2. The first-order chi connectivity index (χ1) is 8.74. The van der Waals surface area contributed by atoms with Gasteiger partial charge < -0.3 is 16.0 Å². The van der Waals surface area contributed by atoms with Gasteiger partial charge in [0, 0.05) is 18.2 Å². The molecule has 0 saturated carbocycles. The van der Waals surface area contributed by atoms with Crippen molar-refractivity contribution in [2.75, 3.05) is 17.7 Å². The van der Waals surface area contributed by atoms with Crippen LogP contribution in [0.15, 0.2) is 6.33 Å². The summed E-state index contributed by atoms with van der Waals surface area (Å²) in [4.78, 5) is 20.3. The average molecular weight is 265 g/mol. The van der Waals surface area contributed by atoms with Gasteiger partial charge in [-0.15, -0.1) is 0 Å². The molecule has 0 aliphatic heterocycles. The number of amides is 1. The highest BCUT2D eigenvalue weighted by Gasteiger charge is 2.20. The maximum atomic E-state index is 12.0. The Morgan fingerprint density at radius 1 is 1.26 bits per heavy atom. The maximum Gasteiger partial charge on any atom is 0.242 e. The van der Waals surface area contributed by atoms with Crippen LogP contribution >= 0.6 is 0 Å². The van der Waals surface area contributed by atoms with E-state index in [0.717, 1.165) is 11.4 Å². The van der Waals surface area contributed by atoms with Crippen LogP contribution in [0.2, 0.25) is 0 Å². The molecule has 1 amide bonds. The molecule has 1 rings (SSSR count). The summed E-state index contributed by atoms with van der Waals surface area (Å²) in [6.07, 6.45) is 1.47. The smallest absolute Gasteiger partial charge is 0.242 e. The quantitative estimate of drug-likeness (QED) is 0.769. The van der Waals surface area contributed by atoms with Crippen molar-refractivity contribution in [3.8, 4) is 0 Å². The van der Waals surface area contributed by atoms with E-state index >= 15 is 0 Å². The van der Waals surface area contributed by atoms with E-state index in [1.165, 1.54) is 6.33 Å². The Hall–Kier alpha value is -1.85. The zero-order chi connectivity index (χ0) is 14.6. The molecule has 1 heterocycles. The SMILES string of the molecule is CNc1ncnc(NC(C)C(=O)NC(C)(C)C)c1C. The van der Waals surface area contributed by atoms with Crippen molar-refractivity contribution in [3.63, 3.8) is 0 Å². The molecule has 0 fully saturated rings. The summed E-state index contributed by atoms with van der Waals surface area (Å²) in [5.74, 6) is 1.35. The Bertz CT molecular complexity index is 453. The van der Waals surface area contributed by atoms with Gasteiger partial charge in [-0.2, -0.15) is 0 Å². The molecule has 6 nitrogen and oxygen atoms in total. The second-order valence-corrected chi connectivity index (χ2v) is 5.55. The molecular weight excluding hydrogens is 242 g/mol. The van der Waals surface area contributed by atoms with Crippen LogP contribution in [0.1, 0.15) is 33.3 Å². The molecule has 1 aromatic rings. The minimum Gasteiger partial charge on any atom is -0.373 e. The molecule has 0 aromatic carbocycles. The van der Waals surface area contributed by atoms with E-state index in [0.29, 0.717) is 5.82 Å². The highest BCUT2D eigenvalue weighted by molar-refractivity contribution is 5.84. The molecule has 1 unspecified atom stereocenters. The van der Waals surface area contributed by atoms with E-state index in [2.05, 4.69) is 25.9 Å². The molecule has 3 N–H and O–H groups in total. The summed E-state index contributed by atoms with van der Waals surface area (Å²) >= 11 is 0. The van der Waals surface area contributed by atoms with Crippen molar-refractivity contribution < 1.29 is 4.79 Å². The molecule has 0 saturated heterocycles. The normalized spacial score (nSPS) is 12.7. The summed E-state index contributed by atoms with van der Waals surface area (Å²) < 4.78 is 0. The Morgan fingerprint density at radius 2 is 1.84 bits per heavy atom. The van der Waals surface area contributed by atoms with E-state index in [9.17, 15) is 4.79 Å². The predicted molar refractivity (Wildman–Crippen MR) is 77.3 cm³/mol. The third-order valence-electron chi connectivity index (χ3n) is 2.57. The summed E-state index contributed by atoms with van der Waals surface area (Å²) in [7, 11) is 1.80. The number of carbonyl (C=O) groups is 1. The summed E-state index contributed by atoms with van der Waals surface area (Å²) in [6, 6.07) is -0.363. The Balaban J connectivity index is 2.77. The average Bonchev–Trinajstić information content (AvgIpc) is 2.29. The summed E-state index contributed by atoms with van der Waals surface area (Å²) in [5, 5.41) is 9.02. The van der Waals surface area contributed by atoms with Crippen LogP contribution in [0.25, 0.3) is 0 Å². The van der Waals surface area contributed by atoms with Crippen LogP contribution in [0.4, 0.5) is 11.6 Å². The van der Waals surface area contributed by atoms with Gasteiger partial charge in [-0.3, -0.25) is 4.79 Å². The van der Waals surface area contributed by atoms with Crippen LogP contribution in [0.3, 0.4) is 0 Å². The van der Waals surface area contributed by atoms with Gasteiger partial charge in [0.15, 0.2) is 0 Å². The van der Waals surface area contributed by atoms with Gasteiger partial charge in [-0.25, -0.2) is 9.97 Å². The molecule has 0 aliphatic rings. The van der Waals surface area contributed by atoms with Gasteiger partial charge >= 0.3 is 0 Å². The monoisotopic (exact) mass is 265 g/mol. The lowest BCUT2D eigenvalue weighted by Crippen LogP contribution is -2.47. The van der Waals surface area contributed by atoms with Gasteiger partial charge in [-0.05, 0) is 34.6 Å². The highest BCUT2D eigenvalue weighted by Crippen LogP contribution is 2.18. The topological polar surface area (TPSA) is 78.9 Å². The fraction of sp³-hybridized carbons (Fsp3) is 0.615. The number of nitrogens with one attached hydrogen (secondary N) is 3. The van der Waals surface area contributed by atoms with E-state index in [-0.39, 0.29) is 17.5 Å². The molecular formula is C13H23N5O. The molecule has 106 valence electrons. The first-order valence-corrected chi connectivity index (χ1v) is 6.32. The van der Waals surface area contributed by atoms with Gasteiger partial charge in [0.25, 0.3) is 0 Å². The van der Waals surface area contributed by atoms with Gasteiger partial charge in [0.1, 0.15) is 24.0 Å². The molecule has 0 radical (unpaired) electrons. The molecule has 1 aromatic heterocycles. The standard InChI is InChI=1S/C13H23N5O/c1-8-10(14-6)15-7-16-11(8)17-9(2)12(19)18-13(3,4)5/h7,9H,1-6H3,(H,18,19)(H2,14,15,16,17). The zero-order valence-corrected chi connectivity index (χ0v) is 12.5. The van der Waals surface area contributed by atoms with E-state index in [4.69, 9.17) is 0 Å². The van der Waals surface area contributed by atoms with Crippen molar-refractivity contribution in [1.82, 2.24) is 15.3 Å². The number of nitrogens with zero attached hydrogens (tertiary/aromatic N) is 2. The van der Waals surface area contributed by atoms with E-state index < -0.39 is 0 Å². The van der Waals surface area contributed by atoms with Crippen LogP contribution in [0.5, 0.6) is 0 Å². The fourth-order valence-corrected chi connectivity index (χ4v) is 1.60. The molecule has 6 heteroatoms. The van der Waals surface area contributed by atoms with Gasteiger partial charge in [0.05, 0.1) is 0 Å². The number of carbonyl (C=O) groups excluding carboxylic acids is 1. The lowest BCUT2D eigenvalue weighted by molar-refractivity contribution is -0.122. The molecule has 0 aliphatic carbocycles. The lowest BCUT2D eigenvalue weighted by atomic mass is 10.1. The Morgan fingerprint density at radius 3 is 2.37 bits per heavy atom. The van der Waals surface area contributed by atoms with Crippen molar-refractivity contribution in [3.05, 3.63) is 11.9 Å². The second kappa shape index (κ2) is 5.86. The Labute approximate surface area is 114 Å². The summed E-state index contributed by atoms with van der Waals surface area (Å²) in [6.45, 7) is 9.57. The van der Waals surface area contributed by atoms with Crippen molar-refractivity contribution >= 4 is 17.5 Å². The minimum atomic E-state index is -0.363. The first-order valence-electron chi connectivity index (χ1n) is 6.32. The van der Waals surface area contributed by atoms with Crippen molar-refractivity contribution in [1.29, 1.82) is 0 Å². The van der Waals surface area contributed by atoms with Gasteiger partial charge in [0.2, 0.25) is 5.91 Å². The minimum absolute atomic E-state index is 0.0588. The fourth-order valence-electron chi connectivity index (χ4n) is 1.60.